The number of anilines is 1. The van der Waals surface area contributed by atoms with Crippen LogP contribution in [0.3, 0.4) is 0 Å². The van der Waals surface area contributed by atoms with Crippen LogP contribution in [-0.4, -0.2) is 24.7 Å². The molecule has 0 saturated carbocycles. The molecular weight excluding hydrogens is 254 g/mol. The Morgan fingerprint density at radius 2 is 2.16 bits per heavy atom. The summed E-state index contributed by atoms with van der Waals surface area (Å²) in [5.74, 6) is 5.73. The van der Waals surface area contributed by atoms with Crippen LogP contribution in [0.1, 0.15) is 0 Å². The second kappa shape index (κ2) is 4.03. The molecule has 0 aliphatic heterocycles. The number of aromatic nitrogens is 4. The number of nitrogen functional groups attached to an aromatic ring is 1. The van der Waals surface area contributed by atoms with Gasteiger partial charge in [-0.05, 0) is 18.2 Å². The van der Waals surface area contributed by atoms with E-state index >= 15 is 0 Å². The van der Waals surface area contributed by atoms with E-state index in [1.165, 1.54) is 16.6 Å². The molecule has 0 spiro atoms. The topological polar surface area (TPSA) is 137 Å². The van der Waals surface area contributed by atoms with Crippen molar-refractivity contribution >= 4 is 17.3 Å². The lowest BCUT2D eigenvalue weighted by molar-refractivity contribution is -0.401. The lowest BCUT2D eigenvalue weighted by atomic mass is 10.4. The molecule has 0 saturated heterocycles. The fourth-order valence-corrected chi connectivity index (χ4v) is 1.57. The second-order valence-corrected chi connectivity index (χ2v) is 3.55. The highest BCUT2D eigenvalue weighted by molar-refractivity contribution is 5.55. The van der Waals surface area contributed by atoms with Gasteiger partial charge in [0.15, 0.2) is 17.2 Å². The Kier molecular flexibility index (Phi) is 2.35. The van der Waals surface area contributed by atoms with Gasteiger partial charge in [-0.1, -0.05) is 0 Å². The van der Waals surface area contributed by atoms with E-state index in [-0.39, 0.29) is 17.5 Å². The van der Waals surface area contributed by atoms with Gasteiger partial charge in [-0.15, -0.1) is 15.3 Å². The number of nitrogens with two attached hydrogens (primary N) is 1. The van der Waals surface area contributed by atoms with Gasteiger partial charge in [0.1, 0.15) is 4.92 Å². The summed E-state index contributed by atoms with van der Waals surface area (Å²) < 4.78 is 6.43. The fraction of sp³-hybridized carbons (Fsp3) is 0. The van der Waals surface area contributed by atoms with E-state index in [9.17, 15) is 10.1 Å². The molecule has 0 radical (unpaired) electrons. The minimum atomic E-state index is -0.632. The number of hydrogen-bond donors (Lipinski definition) is 2. The van der Waals surface area contributed by atoms with Crippen LogP contribution in [0.2, 0.25) is 0 Å². The number of nitro groups is 1. The average Bonchev–Trinajstić information content (AvgIpc) is 3.03. The normalized spacial score (nSPS) is 10.8. The van der Waals surface area contributed by atoms with E-state index in [0.717, 1.165) is 0 Å². The first kappa shape index (κ1) is 11.1. The molecule has 19 heavy (non-hydrogen) atoms. The zero-order valence-corrected chi connectivity index (χ0v) is 9.35. The summed E-state index contributed by atoms with van der Waals surface area (Å²) in [4.78, 5) is 9.94. The molecule has 0 amide bonds. The molecule has 0 aromatic carbocycles. The number of hydrogen-bond acceptors (Lipinski definition) is 8. The van der Waals surface area contributed by atoms with Crippen LogP contribution in [0.4, 0.5) is 11.7 Å². The zero-order valence-electron chi connectivity index (χ0n) is 9.35. The highest BCUT2D eigenvalue weighted by Crippen LogP contribution is 2.24. The molecule has 3 N–H and O–H groups in total. The van der Waals surface area contributed by atoms with Crippen molar-refractivity contribution in [2.45, 2.75) is 0 Å². The van der Waals surface area contributed by atoms with Gasteiger partial charge >= 0.3 is 5.88 Å². The molecule has 0 bridgehead atoms. The molecule has 0 aliphatic rings. The van der Waals surface area contributed by atoms with Crippen molar-refractivity contribution in [1.82, 2.24) is 19.8 Å². The van der Waals surface area contributed by atoms with Crippen molar-refractivity contribution < 1.29 is 9.34 Å². The predicted molar refractivity (Wildman–Crippen MR) is 62.9 cm³/mol. The Morgan fingerprint density at radius 1 is 1.32 bits per heavy atom. The van der Waals surface area contributed by atoms with Crippen LogP contribution in [0.15, 0.2) is 28.7 Å². The van der Waals surface area contributed by atoms with Crippen LogP contribution >= 0.6 is 0 Å². The summed E-state index contributed by atoms with van der Waals surface area (Å²) in [6, 6.07) is 5.94. The van der Waals surface area contributed by atoms with E-state index in [0.29, 0.717) is 11.5 Å². The van der Waals surface area contributed by atoms with Gasteiger partial charge in [-0.2, -0.15) is 4.52 Å². The molecule has 3 aromatic rings. The number of furan rings is 1. The third-order valence-electron chi connectivity index (χ3n) is 2.40. The van der Waals surface area contributed by atoms with Gasteiger partial charge < -0.3 is 9.84 Å². The van der Waals surface area contributed by atoms with Crippen LogP contribution in [0.5, 0.6) is 0 Å². The summed E-state index contributed by atoms with van der Waals surface area (Å²) in [6.45, 7) is 0. The summed E-state index contributed by atoms with van der Waals surface area (Å²) in [5.41, 5.74) is 2.85. The Morgan fingerprint density at radius 3 is 2.84 bits per heavy atom. The van der Waals surface area contributed by atoms with Crippen molar-refractivity contribution in [2.24, 2.45) is 5.84 Å². The molecular formula is C9H7N7O3. The standard InChI is InChI=1S/C9H7N7O3/c10-11-6-2-3-7-12-13-9(15(7)14-6)5-1-4-8(19-5)16(17)18/h1-4H,10H2,(H,11,14). The molecule has 10 heteroatoms. The fourth-order valence-electron chi connectivity index (χ4n) is 1.57. The molecule has 3 rings (SSSR count). The maximum absolute atomic E-state index is 10.6. The maximum Gasteiger partial charge on any atom is 0.433 e. The van der Waals surface area contributed by atoms with Gasteiger partial charge in [0.2, 0.25) is 5.82 Å². The first-order valence-corrected chi connectivity index (χ1v) is 5.13. The van der Waals surface area contributed by atoms with Crippen molar-refractivity contribution in [2.75, 3.05) is 5.43 Å². The number of nitrogens with one attached hydrogen (secondary N) is 1. The summed E-state index contributed by atoms with van der Waals surface area (Å²) >= 11 is 0. The minimum absolute atomic E-state index is 0.195. The van der Waals surface area contributed by atoms with E-state index in [1.54, 1.807) is 12.1 Å². The predicted octanol–water partition coefficient (Wildman–Crippen LogP) is 0.578. The van der Waals surface area contributed by atoms with Crippen molar-refractivity contribution in [3.8, 4) is 11.6 Å². The van der Waals surface area contributed by atoms with Crippen LogP contribution in [-0.2, 0) is 0 Å². The Balaban J connectivity index is 2.15. The third kappa shape index (κ3) is 1.75. The molecule has 3 aromatic heterocycles. The van der Waals surface area contributed by atoms with Crippen LogP contribution in [0.25, 0.3) is 17.2 Å². The largest absolute Gasteiger partial charge is 0.433 e. The maximum atomic E-state index is 10.6. The molecule has 10 nitrogen and oxygen atoms in total. The number of rotatable bonds is 3. The zero-order chi connectivity index (χ0) is 13.4. The van der Waals surface area contributed by atoms with E-state index < -0.39 is 4.92 Å². The molecule has 3 heterocycles. The molecule has 0 unspecified atom stereocenters. The molecule has 0 atom stereocenters. The second-order valence-electron chi connectivity index (χ2n) is 3.55. The van der Waals surface area contributed by atoms with E-state index in [2.05, 4.69) is 20.7 Å². The summed E-state index contributed by atoms with van der Waals surface area (Å²) in [5, 5.41) is 22.4. The first-order chi connectivity index (χ1) is 9.19. The summed E-state index contributed by atoms with van der Waals surface area (Å²) in [7, 11) is 0. The van der Waals surface area contributed by atoms with Crippen molar-refractivity contribution in [1.29, 1.82) is 0 Å². The van der Waals surface area contributed by atoms with Gasteiger partial charge in [0.05, 0.1) is 6.07 Å². The van der Waals surface area contributed by atoms with Crippen LogP contribution < -0.4 is 11.3 Å². The van der Waals surface area contributed by atoms with Gasteiger partial charge in [0, 0.05) is 0 Å². The molecule has 0 fully saturated rings. The molecule has 96 valence electrons. The van der Waals surface area contributed by atoms with Crippen LogP contribution in [0, 0.1) is 10.1 Å². The highest BCUT2D eigenvalue weighted by atomic mass is 16.6. The highest BCUT2D eigenvalue weighted by Gasteiger charge is 2.18. The van der Waals surface area contributed by atoms with E-state index in [1.807, 2.05) is 0 Å². The third-order valence-corrected chi connectivity index (χ3v) is 2.40. The lowest BCUT2D eigenvalue weighted by Crippen LogP contribution is -2.10. The van der Waals surface area contributed by atoms with Gasteiger partial charge in [0.25, 0.3) is 0 Å². The number of nitrogens with zero attached hydrogens (tertiary/aromatic N) is 5. The van der Waals surface area contributed by atoms with Crippen molar-refractivity contribution in [3.05, 3.63) is 34.4 Å². The SMILES string of the molecule is NNc1ccc2nnc(-c3ccc([N+](=O)[O-])o3)n2n1. The van der Waals surface area contributed by atoms with Gasteiger partial charge in [-0.3, -0.25) is 10.1 Å². The Hall–Kier alpha value is -3.01. The molecule has 0 aliphatic carbocycles. The minimum Gasteiger partial charge on any atom is -0.397 e. The van der Waals surface area contributed by atoms with Gasteiger partial charge in [-0.25, -0.2) is 5.84 Å². The smallest absolute Gasteiger partial charge is 0.397 e. The quantitative estimate of drug-likeness (QED) is 0.396. The number of hydrazine groups is 1. The Labute approximate surface area is 105 Å². The number of fused-ring (bicyclic) bond motifs is 1. The van der Waals surface area contributed by atoms with E-state index in [4.69, 9.17) is 10.3 Å². The lowest BCUT2D eigenvalue weighted by Gasteiger charge is -1.99. The monoisotopic (exact) mass is 261 g/mol. The summed E-state index contributed by atoms with van der Waals surface area (Å²) in [6.07, 6.45) is 0. The average molecular weight is 261 g/mol. The Bertz CT molecular complexity index is 762. The van der Waals surface area contributed by atoms with Crippen molar-refractivity contribution in [3.63, 3.8) is 0 Å². The first-order valence-electron chi connectivity index (χ1n) is 5.13.